The lowest BCUT2D eigenvalue weighted by Crippen LogP contribution is -1.99. The van der Waals surface area contributed by atoms with E-state index in [1.165, 1.54) is 0 Å². The molecule has 0 aromatic carbocycles. The molecular formula is C12H16N4. The molecule has 0 atom stereocenters. The zero-order valence-electron chi connectivity index (χ0n) is 9.19. The van der Waals surface area contributed by atoms with E-state index >= 15 is 0 Å². The number of nitrogens with two attached hydrogens (primary N) is 1. The van der Waals surface area contributed by atoms with E-state index in [0.29, 0.717) is 0 Å². The van der Waals surface area contributed by atoms with Crippen LogP contribution in [0.15, 0.2) is 30.6 Å². The number of unbranched alkanes of at least 4 members (excludes halogenated alkanes) is 1. The maximum Gasteiger partial charge on any atom is 0.106 e. The van der Waals surface area contributed by atoms with E-state index in [2.05, 4.69) is 15.0 Å². The molecule has 0 unspecified atom stereocenters. The van der Waals surface area contributed by atoms with E-state index in [9.17, 15) is 0 Å². The Morgan fingerprint density at radius 1 is 1.19 bits per heavy atom. The van der Waals surface area contributed by atoms with Crippen LogP contribution in [-0.2, 0) is 6.42 Å². The van der Waals surface area contributed by atoms with Crippen molar-refractivity contribution in [3.05, 3.63) is 36.4 Å². The first-order valence-electron chi connectivity index (χ1n) is 5.55. The minimum absolute atomic E-state index is 0.744. The Kier molecular flexibility index (Phi) is 3.66. The largest absolute Gasteiger partial charge is 0.341 e. The first-order chi connectivity index (χ1) is 7.90. The van der Waals surface area contributed by atoms with Gasteiger partial charge in [-0.3, -0.25) is 4.98 Å². The first-order valence-corrected chi connectivity index (χ1v) is 5.55. The number of pyridine rings is 1. The lowest BCUT2D eigenvalue weighted by Gasteiger charge is -1.96. The lowest BCUT2D eigenvalue weighted by molar-refractivity contribution is 0.723. The quantitative estimate of drug-likeness (QED) is 0.748. The highest BCUT2D eigenvalue weighted by atomic mass is 14.9. The second-order valence-electron chi connectivity index (χ2n) is 3.70. The van der Waals surface area contributed by atoms with Crippen molar-refractivity contribution in [3.63, 3.8) is 0 Å². The Balaban J connectivity index is 2.02. The van der Waals surface area contributed by atoms with Gasteiger partial charge in [0.25, 0.3) is 0 Å². The minimum atomic E-state index is 0.744. The lowest BCUT2D eigenvalue weighted by atomic mass is 10.2. The van der Waals surface area contributed by atoms with E-state index in [-0.39, 0.29) is 0 Å². The standard InChI is InChI=1S/C12H16N4/c13-7-3-1-6-12-15-9-11(16-12)10-5-2-4-8-14-10/h2,4-5,8-9H,1,3,6-7,13H2,(H,15,16). The molecule has 2 aromatic heterocycles. The number of nitrogens with zero attached hydrogens (tertiary/aromatic N) is 2. The van der Waals surface area contributed by atoms with Crippen LogP contribution in [0.5, 0.6) is 0 Å². The van der Waals surface area contributed by atoms with Gasteiger partial charge in [-0.2, -0.15) is 0 Å². The number of hydrogen-bond donors (Lipinski definition) is 2. The summed E-state index contributed by atoms with van der Waals surface area (Å²) in [5, 5.41) is 0. The summed E-state index contributed by atoms with van der Waals surface area (Å²) < 4.78 is 0. The third-order valence-electron chi connectivity index (χ3n) is 2.44. The van der Waals surface area contributed by atoms with Crippen molar-refractivity contribution in [2.45, 2.75) is 19.3 Å². The highest BCUT2D eigenvalue weighted by Gasteiger charge is 2.03. The van der Waals surface area contributed by atoms with Crippen molar-refractivity contribution in [1.29, 1.82) is 0 Å². The Hall–Kier alpha value is -1.68. The zero-order valence-corrected chi connectivity index (χ0v) is 9.19. The van der Waals surface area contributed by atoms with Gasteiger partial charge in [-0.1, -0.05) is 6.07 Å². The summed E-state index contributed by atoms with van der Waals surface area (Å²) >= 11 is 0. The third-order valence-corrected chi connectivity index (χ3v) is 2.44. The van der Waals surface area contributed by atoms with E-state index < -0.39 is 0 Å². The fraction of sp³-hybridized carbons (Fsp3) is 0.333. The maximum atomic E-state index is 5.45. The summed E-state index contributed by atoms with van der Waals surface area (Å²) in [7, 11) is 0. The molecule has 0 saturated carbocycles. The van der Waals surface area contributed by atoms with Crippen LogP contribution in [0.1, 0.15) is 18.7 Å². The number of aromatic nitrogens is 3. The molecule has 16 heavy (non-hydrogen) atoms. The molecule has 4 heteroatoms. The third kappa shape index (κ3) is 2.67. The number of H-pyrrole nitrogens is 1. The average molecular weight is 216 g/mol. The molecule has 0 bridgehead atoms. The number of rotatable bonds is 5. The molecule has 2 aromatic rings. The molecule has 0 aliphatic rings. The van der Waals surface area contributed by atoms with Gasteiger partial charge in [0, 0.05) is 12.6 Å². The van der Waals surface area contributed by atoms with Gasteiger partial charge in [0.15, 0.2) is 0 Å². The highest BCUT2D eigenvalue weighted by Crippen LogP contribution is 2.13. The highest BCUT2D eigenvalue weighted by molar-refractivity contribution is 5.52. The minimum Gasteiger partial charge on any atom is -0.341 e. The van der Waals surface area contributed by atoms with Gasteiger partial charge in [-0.15, -0.1) is 0 Å². The number of aryl methyl sites for hydroxylation is 1. The van der Waals surface area contributed by atoms with Crippen LogP contribution in [0.2, 0.25) is 0 Å². The van der Waals surface area contributed by atoms with Crippen molar-refractivity contribution >= 4 is 0 Å². The summed E-state index contributed by atoms with van der Waals surface area (Å²) in [4.78, 5) is 11.9. The van der Waals surface area contributed by atoms with Crippen molar-refractivity contribution in [2.75, 3.05) is 6.54 Å². The fourth-order valence-corrected chi connectivity index (χ4v) is 1.58. The van der Waals surface area contributed by atoms with Gasteiger partial charge in [0.05, 0.1) is 17.6 Å². The molecule has 0 spiro atoms. The molecule has 0 aliphatic heterocycles. The first kappa shape index (κ1) is 10.8. The summed E-state index contributed by atoms with van der Waals surface area (Å²) in [6.45, 7) is 0.744. The van der Waals surface area contributed by atoms with Gasteiger partial charge < -0.3 is 10.7 Å². The summed E-state index contributed by atoms with van der Waals surface area (Å²) in [5.41, 5.74) is 7.35. The van der Waals surface area contributed by atoms with E-state index in [4.69, 9.17) is 5.73 Å². The fourth-order valence-electron chi connectivity index (χ4n) is 1.58. The maximum absolute atomic E-state index is 5.45. The molecule has 0 saturated heterocycles. The Labute approximate surface area is 94.9 Å². The predicted octanol–water partition coefficient (Wildman–Crippen LogP) is 1.75. The molecule has 3 N–H and O–H groups in total. The van der Waals surface area contributed by atoms with Crippen LogP contribution < -0.4 is 5.73 Å². The van der Waals surface area contributed by atoms with Crippen LogP contribution in [-0.4, -0.2) is 21.5 Å². The molecular weight excluding hydrogens is 200 g/mol. The van der Waals surface area contributed by atoms with E-state index in [0.717, 1.165) is 43.0 Å². The summed E-state index contributed by atoms with van der Waals surface area (Å²) in [6.07, 6.45) is 6.68. The Morgan fingerprint density at radius 3 is 2.88 bits per heavy atom. The second-order valence-corrected chi connectivity index (χ2v) is 3.70. The zero-order chi connectivity index (χ0) is 11.2. The molecule has 84 valence electrons. The molecule has 2 rings (SSSR count). The Morgan fingerprint density at radius 2 is 2.12 bits per heavy atom. The van der Waals surface area contributed by atoms with Crippen LogP contribution in [0.4, 0.5) is 0 Å². The Bertz CT molecular complexity index is 422. The average Bonchev–Trinajstić information content (AvgIpc) is 2.79. The molecule has 0 radical (unpaired) electrons. The predicted molar refractivity (Wildman–Crippen MR) is 63.8 cm³/mol. The van der Waals surface area contributed by atoms with Crippen LogP contribution in [0, 0.1) is 0 Å². The smallest absolute Gasteiger partial charge is 0.106 e. The van der Waals surface area contributed by atoms with Crippen molar-refractivity contribution in [1.82, 2.24) is 15.0 Å². The molecule has 2 heterocycles. The van der Waals surface area contributed by atoms with E-state index in [1.807, 2.05) is 24.4 Å². The van der Waals surface area contributed by atoms with Crippen LogP contribution >= 0.6 is 0 Å². The van der Waals surface area contributed by atoms with Crippen LogP contribution in [0.25, 0.3) is 11.4 Å². The molecule has 0 aliphatic carbocycles. The van der Waals surface area contributed by atoms with E-state index in [1.54, 1.807) is 6.20 Å². The van der Waals surface area contributed by atoms with Crippen molar-refractivity contribution in [3.8, 4) is 11.4 Å². The summed E-state index contributed by atoms with van der Waals surface area (Å²) in [6, 6.07) is 5.84. The topological polar surface area (TPSA) is 67.6 Å². The van der Waals surface area contributed by atoms with Crippen molar-refractivity contribution < 1.29 is 0 Å². The van der Waals surface area contributed by atoms with Gasteiger partial charge in [-0.05, 0) is 31.5 Å². The number of imidazole rings is 1. The molecule has 0 amide bonds. The number of aromatic amines is 1. The summed E-state index contributed by atoms with van der Waals surface area (Å²) in [5.74, 6) is 1.01. The van der Waals surface area contributed by atoms with Crippen molar-refractivity contribution in [2.24, 2.45) is 5.73 Å². The van der Waals surface area contributed by atoms with Gasteiger partial charge in [0.1, 0.15) is 5.82 Å². The monoisotopic (exact) mass is 216 g/mol. The molecule has 4 nitrogen and oxygen atoms in total. The van der Waals surface area contributed by atoms with Gasteiger partial charge in [0.2, 0.25) is 0 Å². The van der Waals surface area contributed by atoms with Crippen LogP contribution in [0.3, 0.4) is 0 Å². The number of nitrogens with one attached hydrogen (secondary N) is 1. The normalized spacial score (nSPS) is 10.6. The van der Waals surface area contributed by atoms with Gasteiger partial charge in [-0.25, -0.2) is 4.98 Å². The number of hydrogen-bond acceptors (Lipinski definition) is 3. The second kappa shape index (κ2) is 5.42. The SMILES string of the molecule is NCCCCc1ncc(-c2ccccn2)[nH]1. The van der Waals surface area contributed by atoms with Gasteiger partial charge >= 0.3 is 0 Å². The molecule has 0 fully saturated rings.